The van der Waals surface area contributed by atoms with Crippen LogP contribution in [0.15, 0.2) is 0 Å². The lowest BCUT2D eigenvalue weighted by Crippen LogP contribution is -2.47. The van der Waals surface area contributed by atoms with Gasteiger partial charge in [-0.2, -0.15) is 0 Å². The van der Waals surface area contributed by atoms with E-state index in [1.807, 2.05) is 11.8 Å². The zero-order chi connectivity index (χ0) is 11.7. The second-order valence-corrected chi connectivity index (χ2v) is 5.28. The first-order valence-electron chi connectivity index (χ1n) is 5.73. The van der Waals surface area contributed by atoms with Crippen molar-refractivity contribution in [3.05, 3.63) is 10.6 Å². The third-order valence-corrected chi connectivity index (χ3v) is 4.09. The second kappa shape index (κ2) is 4.49. The summed E-state index contributed by atoms with van der Waals surface area (Å²) in [4.78, 5) is 15.0. The number of hydrogen-bond donors (Lipinski definition) is 0. The first-order valence-corrected chi connectivity index (χ1v) is 6.50. The molecule has 5 heteroatoms. The average Bonchev–Trinajstić information content (AvgIpc) is 2.64. The lowest BCUT2D eigenvalue weighted by molar-refractivity contribution is 0.0515. The molecule has 2 rings (SSSR count). The van der Waals surface area contributed by atoms with Gasteiger partial charge < -0.3 is 4.90 Å². The Morgan fingerprint density at radius 2 is 2.00 bits per heavy atom. The van der Waals surface area contributed by atoms with Crippen molar-refractivity contribution in [1.29, 1.82) is 0 Å². The fourth-order valence-electron chi connectivity index (χ4n) is 2.37. The van der Waals surface area contributed by atoms with Crippen LogP contribution in [0.4, 0.5) is 0 Å². The van der Waals surface area contributed by atoms with E-state index in [0.717, 1.165) is 18.5 Å². The molecule has 1 aliphatic rings. The van der Waals surface area contributed by atoms with Crippen LogP contribution in [0, 0.1) is 6.92 Å². The number of nitrogens with zero attached hydrogens (tertiary/aromatic N) is 3. The number of rotatable bonds is 1. The van der Waals surface area contributed by atoms with Crippen molar-refractivity contribution in [3.63, 3.8) is 0 Å². The normalized spacial score (nSPS) is 25.8. The van der Waals surface area contributed by atoms with Gasteiger partial charge in [-0.25, -0.2) is 0 Å². The SMILES string of the molecule is Cc1nnsc1C(=O)N1[C@@H](C)CCC[C@@H]1C. The molecular weight excluding hydrogens is 222 g/mol. The van der Waals surface area contributed by atoms with Gasteiger partial charge in [-0.05, 0) is 51.6 Å². The average molecular weight is 239 g/mol. The van der Waals surface area contributed by atoms with Gasteiger partial charge in [-0.1, -0.05) is 4.49 Å². The van der Waals surface area contributed by atoms with E-state index >= 15 is 0 Å². The molecular formula is C11H17N3OS. The summed E-state index contributed by atoms with van der Waals surface area (Å²) in [6, 6.07) is 0.662. The van der Waals surface area contributed by atoms with E-state index in [9.17, 15) is 4.79 Å². The van der Waals surface area contributed by atoms with Gasteiger partial charge in [0.25, 0.3) is 5.91 Å². The Morgan fingerprint density at radius 1 is 1.38 bits per heavy atom. The van der Waals surface area contributed by atoms with Crippen molar-refractivity contribution in [3.8, 4) is 0 Å². The molecule has 0 N–H and O–H groups in total. The molecule has 88 valence electrons. The Bertz CT molecular complexity index is 380. The van der Waals surface area contributed by atoms with Crippen molar-refractivity contribution in [2.75, 3.05) is 0 Å². The maximum atomic E-state index is 12.4. The summed E-state index contributed by atoms with van der Waals surface area (Å²) in [5, 5.41) is 3.90. The van der Waals surface area contributed by atoms with Crippen LogP contribution in [0.2, 0.25) is 0 Å². The van der Waals surface area contributed by atoms with Gasteiger partial charge in [0, 0.05) is 12.1 Å². The highest BCUT2D eigenvalue weighted by Gasteiger charge is 2.31. The van der Waals surface area contributed by atoms with Crippen LogP contribution in [0.25, 0.3) is 0 Å². The summed E-state index contributed by atoms with van der Waals surface area (Å²) >= 11 is 1.20. The van der Waals surface area contributed by atoms with Gasteiger partial charge in [0.2, 0.25) is 0 Å². The van der Waals surface area contributed by atoms with E-state index in [0.29, 0.717) is 17.0 Å². The Hall–Kier alpha value is -0.970. The summed E-state index contributed by atoms with van der Waals surface area (Å²) in [6.07, 6.45) is 3.41. The molecule has 1 aliphatic heterocycles. The molecule has 1 amide bonds. The van der Waals surface area contributed by atoms with E-state index < -0.39 is 0 Å². The Kier molecular flexibility index (Phi) is 3.23. The van der Waals surface area contributed by atoms with Crippen LogP contribution in [-0.2, 0) is 0 Å². The molecule has 1 fully saturated rings. The van der Waals surface area contributed by atoms with E-state index in [1.54, 1.807) is 0 Å². The summed E-state index contributed by atoms with van der Waals surface area (Å²) in [6.45, 7) is 6.09. The van der Waals surface area contributed by atoms with Crippen LogP contribution in [0.5, 0.6) is 0 Å². The Balaban J connectivity index is 2.23. The standard InChI is InChI=1S/C11H17N3OS/c1-7-5-4-6-8(2)14(7)11(15)10-9(3)12-13-16-10/h7-8H,4-6H2,1-3H3/t7-,8-/m0/s1. The summed E-state index contributed by atoms with van der Waals surface area (Å²) < 4.78 is 3.83. The van der Waals surface area contributed by atoms with Crippen LogP contribution in [0.1, 0.15) is 48.5 Å². The monoisotopic (exact) mass is 239 g/mol. The first kappa shape index (κ1) is 11.5. The molecule has 0 radical (unpaired) electrons. The maximum Gasteiger partial charge on any atom is 0.267 e. The zero-order valence-corrected chi connectivity index (χ0v) is 10.8. The van der Waals surface area contributed by atoms with Crippen molar-refractivity contribution in [2.24, 2.45) is 0 Å². The predicted molar refractivity (Wildman–Crippen MR) is 63.6 cm³/mol. The van der Waals surface area contributed by atoms with Crippen molar-refractivity contribution < 1.29 is 4.79 Å². The number of aromatic nitrogens is 2. The molecule has 2 atom stereocenters. The number of aryl methyl sites for hydroxylation is 1. The molecule has 1 saturated heterocycles. The third-order valence-electron chi connectivity index (χ3n) is 3.27. The quantitative estimate of drug-likeness (QED) is 0.755. The minimum absolute atomic E-state index is 0.104. The minimum Gasteiger partial charge on any atom is -0.332 e. The van der Waals surface area contributed by atoms with Crippen LogP contribution < -0.4 is 0 Å². The maximum absolute atomic E-state index is 12.4. The van der Waals surface area contributed by atoms with Gasteiger partial charge in [0.15, 0.2) is 0 Å². The lowest BCUT2D eigenvalue weighted by Gasteiger charge is -2.38. The molecule has 4 nitrogen and oxygen atoms in total. The molecule has 0 saturated carbocycles. The van der Waals surface area contributed by atoms with E-state index in [2.05, 4.69) is 23.4 Å². The Labute approximate surface area is 99.8 Å². The highest BCUT2D eigenvalue weighted by atomic mass is 32.1. The number of carbonyl (C=O) groups is 1. The fourth-order valence-corrected chi connectivity index (χ4v) is 2.97. The topological polar surface area (TPSA) is 46.1 Å². The molecule has 1 aromatic rings. The van der Waals surface area contributed by atoms with Gasteiger partial charge in [-0.15, -0.1) is 5.10 Å². The predicted octanol–water partition coefficient (Wildman–Crippen LogP) is 2.25. The minimum atomic E-state index is 0.104. The molecule has 2 heterocycles. The number of carbonyl (C=O) groups excluding carboxylic acids is 1. The van der Waals surface area contributed by atoms with E-state index in [4.69, 9.17) is 0 Å². The third kappa shape index (κ3) is 1.96. The number of hydrogen-bond acceptors (Lipinski definition) is 4. The van der Waals surface area contributed by atoms with E-state index in [-0.39, 0.29) is 5.91 Å². The molecule has 16 heavy (non-hydrogen) atoms. The summed E-state index contributed by atoms with van der Waals surface area (Å²) in [5.74, 6) is 0.104. The van der Waals surface area contributed by atoms with Crippen LogP contribution >= 0.6 is 11.5 Å². The van der Waals surface area contributed by atoms with Crippen molar-refractivity contribution in [1.82, 2.24) is 14.5 Å². The van der Waals surface area contributed by atoms with Gasteiger partial charge >= 0.3 is 0 Å². The number of piperidine rings is 1. The van der Waals surface area contributed by atoms with Crippen LogP contribution in [0.3, 0.4) is 0 Å². The summed E-state index contributed by atoms with van der Waals surface area (Å²) in [5.41, 5.74) is 0.750. The van der Waals surface area contributed by atoms with Crippen LogP contribution in [-0.4, -0.2) is 32.5 Å². The molecule has 0 unspecified atom stereocenters. The van der Waals surface area contributed by atoms with Gasteiger partial charge in [0.1, 0.15) is 4.88 Å². The highest BCUT2D eigenvalue weighted by molar-refractivity contribution is 7.07. The summed E-state index contributed by atoms with van der Waals surface area (Å²) in [7, 11) is 0. The smallest absolute Gasteiger partial charge is 0.267 e. The molecule has 0 bridgehead atoms. The molecule has 1 aromatic heterocycles. The van der Waals surface area contributed by atoms with E-state index in [1.165, 1.54) is 18.0 Å². The highest BCUT2D eigenvalue weighted by Crippen LogP contribution is 2.25. The largest absolute Gasteiger partial charge is 0.332 e. The van der Waals surface area contributed by atoms with Gasteiger partial charge in [0.05, 0.1) is 5.69 Å². The Morgan fingerprint density at radius 3 is 2.50 bits per heavy atom. The molecule has 0 aromatic carbocycles. The number of amides is 1. The second-order valence-electron chi connectivity index (χ2n) is 4.53. The lowest BCUT2D eigenvalue weighted by atomic mass is 9.97. The fraction of sp³-hybridized carbons (Fsp3) is 0.727. The number of likely N-dealkylation sites (tertiary alicyclic amines) is 1. The zero-order valence-electron chi connectivity index (χ0n) is 9.93. The molecule has 0 aliphatic carbocycles. The van der Waals surface area contributed by atoms with Gasteiger partial charge in [-0.3, -0.25) is 4.79 Å². The molecule has 0 spiro atoms. The van der Waals surface area contributed by atoms with Crippen molar-refractivity contribution in [2.45, 2.75) is 52.1 Å². The first-order chi connectivity index (χ1) is 7.61. The van der Waals surface area contributed by atoms with Crippen molar-refractivity contribution >= 4 is 17.4 Å².